The van der Waals surface area contributed by atoms with Crippen molar-refractivity contribution in [3.63, 3.8) is 0 Å². The van der Waals surface area contributed by atoms with Crippen molar-refractivity contribution in [3.8, 4) is 5.75 Å². The molecule has 0 saturated carbocycles. The lowest BCUT2D eigenvalue weighted by Gasteiger charge is -2.29. The van der Waals surface area contributed by atoms with Crippen LogP contribution >= 0.6 is 0 Å². The highest BCUT2D eigenvalue weighted by atomic mass is 32.2. The van der Waals surface area contributed by atoms with Gasteiger partial charge in [-0.05, 0) is 44.0 Å². The number of carbonyl (C=O) groups excluding carboxylic acids is 2. The Bertz CT molecular complexity index is 1020. The monoisotopic (exact) mass is 430 g/mol. The van der Waals surface area contributed by atoms with Gasteiger partial charge < -0.3 is 4.74 Å². The van der Waals surface area contributed by atoms with E-state index in [1.807, 2.05) is 30.3 Å². The fourth-order valence-corrected chi connectivity index (χ4v) is 5.28. The molecule has 1 fully saturated rings. The van der Waals surface area contributed by atoms with Crippen molar-refractivity contribution in [3.05, 3.63) is 54.1 Å². The summed E-state index contributed by atoms with van der Waals surface area (Å²) in [4.78, 5) is 25.6. The Kier molecular flexibility index (Phi) is 6.58. The first-order chi connectivity index (χ1) is 14.3. The first kappa shape index (κ1) is 22.0. The molecule has 0 aromatic heterocycles. The number of hydrogen-bond acceptors (Lipinski definition) is 5. The van der Waals surface area contributed by atoms with Crippen molar-refractivity contribution in [2.75, 3.05) is 12.0 Å². The minimum Gasteiger partial charge on any atom is -0.495 e. The normalized spacial score (nSPS) is 15.2. The maximum absolute atomic E-state index is 13.6. The standard InChI is InChI=1S/C22H26N2O5S/c1-16(2)23(15-17-8-5-4-6-9-17)30(27,28)20-14-18(12-13-19(20)29-3)24-21(25)10-7-11-22(24)26/h4-6,8-9,12-14,16H,7,10-11,15H2,1-3H3. The molecule has 160 valence electrons. The van der Waals surface area contributed by atoms with Crippen LogP contribution in [0.4, 0.5) is 5.69 Å². The van der Waals surface area contributed by atoms with Crippen LogP contribution in [0.2, 0.25) is 0 Å². The molecule has 30 heavy (non-hydrogen) atoms. The van der Waals surface area contributed by atoms with Crippen LogP contribution in [-0.4, -0.2) is 37.7 Å². The molecule has 0 aliphatic carbocycles. The summed E-state index contributed by atoms with van der Waals surface area (Å²) in [6.07, 6.45) is 1.02. The molecule has 1 heterocycles. The van der Waals surface area contributed by atoms with Crippen LogP contribution in [0.1, 0.15) is 38.7 Å². The van der Waals surface area contributed by atoms with Gasteiger partial charge in [0, 0.05) is 25.4 Å². The molecule has 0 bridgehead atoms. The van der Waals surface area contributed by atoms with E-state index in [1.165, 1.54) is 29.6 Å². The van der Waals surface area contributed by atoms with E-state index in [9.17, 15) is 18.0 Å². The van der Waals surface area contributed by atoms with Crippen molar-refractivity contribution in [2.24, 2.45) is 0 Å². The summed E-state index contributed by atoms with van der Waals surface area (Å²) in [5.74, 6) is -0.496. The number of sulfonamides is 1. The van der Waals surface area contributed by atoms with Crippen molar-refractivity contribution < 1.29 is 22.7 Å². The Labute approximate surface area is 177 Å². The number of ether oxygens (including phenoxy) is 1. The van der Waals surface area contributed by atoms with E-state index in [0.717, 1.165) is 10.5 Å². The van der Waals surface area contributed by atoms with Crippen molar-refractivity contribution in [1.29, 1.82) is 0 Å². The Morgan fingerprint density at radius 1 is 1.03 bits per heavy atom. The van der Waals surface area contributed by atoms with Crippen molar-refractivity contribution >= 4 is 27.5 Å². The zero-order valence-electron chi connectivity index (χ0n) is 17.4. The third-order valence-electron chi connectivity index (χ3n) is 5.03. The molecular formula is C22H26N2O5S. The van der Waals surface area contributed by atoms with Gasteiger partial charge in [0.25, 0.3) is 0 Å². The number of rotatable bonds is 7. The van der Waals surface area contributed by atoms with Crippen LogP contribution in [0.25, 0.3) is 0 Å². The highest BCUT2D eigenvalue weighted by Gasteiger charge is 2.33. The SMILES string of the molecule is COc1ccc(N2C(=O)CCCC2=O)cc1S(=O)(=O)N(Cc1ccccc1)C(C)C. The van der Waals surface area contributed by atoms with Gasteiger partial charge in [-0.2, -0.15) is 4.31 Å². The van der Waals surface area contributed by atoms with E-state index in [-0.39, 0.29) is 53.6 Å². The number of methoxy groups -OCH3 is 1. The minimum atomic E-state index is -3.98. The van der Waals surface area contributed by atoms with Crippen molar-refractivity contribution in [1.82, 2.24) is 4.31 Å². The highest BCUT2D eigenvalue weighted by Crippen LogP contribution is 2.34. The number of nitrogens with zero attached hydrogens (tertiary/aromatic N) is 2. The van der Waals surface area contributed by atoms with Gasteiger partial charge in [0.1, 0.15) is 10.6 Å². The molecule has 1 saturated heterocycles. The number of imide groups is 1. The minimum absolute atomic E-state index is 0.0710. The smallest absolute Gasteiger partial charge is 0.247 e. The molecule has 8 heteroatoms. The Hall–Kier alpha value is -2.71. The molecule has 0 spiro atoms. The molecule has 0 radical (unpaired) electrons. The summed E-state index contributed by atoms with van der Waals surface area (Å²) in [5, 5.41) is 0. The van der Waals surface area contributed by atoms with Crippen LogP contribution in [0.5, 0.6) is 5.75 Å². The molecule has 2 aromatic rings. The first-order valence-electron chi connectivity index (χ1n) is 9.85. The Morgan fingerprint density at radius 2 is 1.67 bits per heavy atom. The van der Waals surface area contributed by atoms with Gasteiger partial charge in [0.2, 0.25) is 21.8 Å². The third kappa shape index (κ3) is 4.39. The number of amides is 2. The maximum Gasteiger partial charge on any atom is 0.247 e. The summed E-state index contributed by atoms with van der Waals surface area (Å²) in [6, 6.07) is 13.4. The zero-order chi connectivity index (χ0) is 21.9. The largest absolute Gasteiger partial charge is 0.495 e. The van der Waals surface area contributed by atoms with Gasteiger partial charge in [-0.15, -0.1) is 0 Å². The molecule has 1 aliphatic heterocycles. The predicted octanol–water partition coefficient (Wildman–Crippen LogP) is 3.34. The average Bonchev–Trinajstić information content (AvgIpc) is 2.72. The quantitative estimate of drug-likeness (QED) is 0.629. The Balaban J connectivity index is 2.06. The summed E-state index contributed by atoms with van der Waals surface area (Å²) < 4.78 is 33.9. The van der Waals surface area contributed by atoms with E-state index < -0.39 is 10.0 Å². The molecule has 0 atom stereocenters. The predicted molar refractivity (Wildman–Crippen MR) is 114 cm³/mol. The molecule has 0 unspecified atom stereocenters. The first-order valence-corrected chi connectivity index (χ1v) is 11.3. The number of benzene rings is 2. The fraction of sp³-hybridized carbons (Fsp3) is 0.364. The van der Waals surface area contributed by atoms with E-state index in [0.29, 0.717) is 6.42 Å². The molecule has 2 aromatic carbocycles. The number of piperidine rings is 1. The van der Waals surface area contributed by atoms with E-state index in [2.05, 4.69) is 0 Å². The molecule has 3 rings (SSSR count). The van der Waals surface area contributed by atoms with Gasteiger partial charge in [-0.25, -0.2) is 8.42 Å². The summed E-state index contributed by atoms with van der Waals surface area (Å²) in [5.41, 5.74) is 1.10. The summed E-state index contributed by atoms with van der Waals surface area (Å²) >= 11 is 0. The molecule has 2 amide bonds. The van der Waals surface area contributed by atoms with Crippen LogP contribution < -0.4 is 9.64 Å². The second-order valence-corrected chi connectivity index (χ2v) is 9.30. The lowest BCUT2D eigenvalue weighted by Crippen LogP contribution is -2.40. The number of hydrogen-bond donors (Lipinski definition) is 0. The molecule has 1 aliphatic rings. The fourth-order valence-electron chi connectivity index (χ4n) is 3.48. The second-order valence-electron chi connectivity index (χ2n) is 7.44. The maximum atomic E-state index is 13.6. The van der Waals surface area contributed by atoms with E-state index in [1.54, 1.807) is 13.8 Å². The average molecular weight is 431 g/mol. The Morgan fingerprint density at radius 3 is 2.23 bits per heavy atom. The topological polar surface area (TPSA) is 84.0 Å². The third-order valence-corrected chi connectivity index (χ3v) is 7.07. The summed E-state index contributed by atoms with van der Waals surface area (Å²) in [7, 11) is -2.59. The van der Waals surface area contributed by atoms with E-state index >= 15 is 0 Å². The van der Waals surface area contributed by atoms with E-state index in [4.69, 9.17) is 4.74 Å². The number of carbonyl (C=O) groups is 2. The van der Waals surface area contributed by atoms with Gasteiger partial charge in [0.05, 0.1) is 12.8 Å². The number of anilines is 1. The summed E-state index contributed by atoms with van der Waals surface area (Å²) in [6.45, 7) is 3.79. The van der Waals surface area contributed by atoms with Crippen LogP contribution in [0, 0.1) is 0 Å². The second kappa shape index (κ2) is 8.97. The lowest BCUT2D eigenvalue weighted by molar-refractivity contribution is -0.129. The van der Waals surface area contributed by atoms with Gasteiger partial charge in [-0.3, -0.25) is 14.5 Å². The highest BCUT2D eigenvalue weighted by molar-refractivity contribution is 7.89. The van der Waals surface area contributed by atoms with Crippen LogP contribution in [0.3, 0.4) is 0 Å². The zero-order valence-corrected chi connectivity index (χ0v) is 18.2. The lowest BCUT2D eigenvalue weighted by atomic mass is 10.1. The molecule has 7 nitrogen and oxygen atoms in total. The van der Waals surface area contributed by atoms with Gasteiger partial charge in [0.15, 0.2) is 0 Å². The van der Waals surface area contributed by atoms with Crippen molar-refractivity contribution in [2.45, 2.75) is 50.6 Å². The van der Waals surface area contributed by atoms with Gasteiger partial charge >= 0.3 is 0 Å². The van der Waals surface area contributed by atoms with Crippen LogP contribution in [-0.2, 0) is 26.2 Å². The molecule has 0 N–H and O–H groups in total. The van der Waals surface area contributed by atoms with Gasteiger partial charge in [-0.1, -0.05) is 30.3 Å². The molecular weight excluding hydrogens is 404 g/mol. The van der Waals surface area contributed by atoms with Crippen LogP contribution in [0.15, 0.2) is 53.4 Å².